The van der Waals surface area contributed by atoms with Crippen molar-refractivity contribution in [2.24, 2.45) is 11.1 Å². The van der Waals surface area contributed by atoms with Gasteiger partial charge < -0.3 is 15.8 Å². The van der Waals surface area contributed by atoms with E-state index in [-0.39, 0.29) is 17.2 Å². The number of hydrogen-bond donors (Lipinski definition) is 2. The van der Waals surface area contributed by atoms with E-state index in [1.54, 1.807) is 0 Å². The lowest BCUT2D eigenvalue weighted by Gasteiger charge is -2.26. The van der Waals surface area contributed by atoms with Crippen molar-refractivity contribution < 1.29 is 9.53 Å². The maximum Gasteiger partial charge on any atom is 0.241 e. The quantitative estimate of drug-likeness (QED) is 0.275. The lowest BCUT2D eigenvalue weighted by molar-refractivity contribution is -0.118. The van der Waals surface area contributed by atoms with Gasteiger partial charge in [-0.15, -0.1) is 0 Å². The Morgan fingerprint density at radius 2 is 1.86 bits per heavy atom. The Morgan fingerprint density at radius 1 is 1.16 bits per heavy atom. The molecule has 196 valence electrons. The monoisotopic (exact) mass is 516 g/mol. The highest BCUT2D eigenvalue weighted by atomic mass is 28.3. The molecular weight excluding hydrogens is 476 g/mol. The van der Waals surface area contributed by atoms with Gasteiger partial charge in [-0.25, -0.2) is 4.68 Å². The Bertz CT molecular complexity index is 1290. The van der Waals surface area contributed by atoms with Gasteiger partial charge in [0.25, 0.3) is 0 Å². The molecule has 2 aliphatic rings. The molecule has 2 aromatic carbocycles. The molecule has 3 N–H and O–H groups in total. The van der Waals surface area contributed by atoms with Crippen LogP contribution in [0.3, 0.4) is 0 Å². The second kappa shape index (κ2) is 9.85. The highest BCUT2D eigenvalue weighted by Gasteiger charge is 2.57. The number of nitrogens with one attached hydrogen (secondary N) is 1. The molecule has 1 fully saturated rings. The number of anilines is 1. The smallest absolute Gasteiger partial charge is 0.241 e. The maximum atomic E-state index is 13.2. The van der Waals surface area contributed by atoms with E-state index in [1.807, 2.05) is 35.9 Å². The molecule has 1 amide bonds. The van der Waals surface area contributed by atoms with Crippen LogP contribution in [-0.4, -0.2) is 36.4 Å². The number of aromatic nitrogens is 2. The zero-order valence-electron chi connectivity index (χ0n) is 22.8. The van der Waals surface area contributed by atoms with Gasteiger partial charge in [-0.1, -0.05) is 56.0 Å². The minimum absolute atomic E-state index is 0.0899. The van der Waals surface area contributed by atoms with E-state index in [2.05, 4.69) is 56.1 Å². The SMILES string of the molecule is Cc1nn(COCC[Si](C)(C)C)c(C)c1-c1ccc(NC(=O)[C@@H](N)C2c3ccccc3CC23CC3)cc1. The van der Waals surface area contributed by atoms with Crippen molar-refractivity contribution in [2.45, 2.75) is 77.5 Å². The van der Waals surface area contributed by atoms with Gasteiger partial charge in [0.2, 0.25) is 5.91 Å². The second-order valence-corrected chi connectivity index (χ2v) is 17.8. The number of aryl methyl sites for hydroxylation is 1. The third kappa shape index (κ3) is 5.31. The first-order chi connectivity index (χ1) is 17.6. The number of amides is 1. The molecule has 2 aliphatic carbocycles. The fourth-order valence-electron chi connectivity index (χ4n) is 5.91. The van der Waals surface area contributed by atoms with Crippen LogP contribution in [0, 0.1) is 19.3 Å². The van der Waals surface area contributed by atoms with Crippen LogP contribution >= 0.6 is 0 Å². The van der Waals surface area contributed by atoms with Crippen molar-refractivity contribution in [2.75, 3.05) is 11.9 Å². The van der Waals surface area contributed by atoms with Gasteiger partial charge in [0.15, 0.2) is 0 Å². The molecule has 3 aromatic rings. The van der Waals surface area contributed by atoms with E-state index in [4.69, 9.17) is 15.6 Å². The van der Waals surface area contributed by atoms with Crippen LogP contribution in [0.2, 0.25) is 25.7 Å². The first kappa shape index (κ1) is 25.9. The van der Waals surface area contributed by atoms with Gasteiger partial charge in [-0.3, -0.25) is 4.79 Å². The molecule has 0 aliphatic heterocycles. The molecule has 5 rings (SSSR count). The van der Waals surface area contributed by atoms with Crippen molar-refractivity contribution in [3.05, 3.63) is 71.0 Å². The zero-order chi connectivity index (χ0) is 26.4. The molecule has 1 spiro atoms. The fourth-order valence-corrected chi connectivity index (χ4v) is 6.66. The molecule has 1 aromatic heterocycles. The summed E-state index contributed by atoms with van der Waals surface area (Å²) in [5, 5.41) is 7.79. The average molecular weight is 517 g/mol. The topological polar surface area (TPSA) is 82.2 Å². The summed E-state index contributed by atoms with van der Waals surface area (Å²) in [5.41, 5.74) is 14.4. The van der Waals surface area contributed by atoms with E-state index in [0.29, 0.717) is 6.73 Å². The number of carbonyl (C=O) groups excluding carboxylic acids is 1. The summed E-state index contributed by atoms with van der Waals surface area (Å²) in [6, 6.07) is 17.1. The molecule has 1 heterocycles. The van der Waals surface area contributed by atoms with Crippen molar-refractivity contribution in [1.82, 2.24) is 9.78 Å². The maximum absolute atomic E-state index is 13.2. The molecule has 7 heteroatoms. The number of nitrogens with two attached hydrogens (primary N) is 1. The van der Waals surface area contributed by atoms with Crippen molar-refractivity contribution in [1.29, 1.82) is 0 Å². The lowest BCUT2D eigenvalue weighted by atomic mass is 9.83. The van der Waals surface area contributed by atoms with Crippen LogP contribution in [0.15, 0.2) is 48.5 Å². The summed E-state index contributed by atoms with van der Waals surface area (Å²) in [6.07, 6.45) is 3.34. The van der Waals surface area contributed by atoms with E-state index in [0.717, 1.165) is 60.1 Å². The Balaban J connectivity index is 1.24. The van der Waals surface area contributed by atoms with Gasteiger partial charge in [0, 0.05) is 37.5 Å². The van der Waals surface area contributed by atoms with Crippen LogP contribution in [0.25, 0.3) is 11.1 Å². The number of nitrogens with zero attached hydrogens (tertiary/aromatic N) is 2. The highest BCUT2D eigenvalue weighted by Crippen LogP contribution is 2.63. The number of benzene rings is 2. The summed E-state index contributed by atoms with van der Waals surface area (Å²) in [7, 11) is -1.11. The number of fused-ring (bicyclic) bond motifs is 1. The molecule has 0 radical (unpaired) electrons. The van der Waals surface area contributed by atoms with Crippen LogP contribution in [0.5, 0.6) is 0 Å². The summed E-state index contributed by atoms with van der Waals surface area (Å²) >= 11 is 0. The predicted octanol–water partition coefficient (Wildman–Crippen LogP) is 5.87. The van der Waals surface area contributed by atoms with Crippen LogP contribution < -0.4 is 11.1 Å². The van der Waals surface area contributed by atoms with E-state index >= 15 is 0 Å². The standard InChI is InChI=1S/C30H40N4O2Si/c1-20-26(21(2)34(33-20)19-36-16-17-37(3,4)5)22-10-12-24(13-11-22)32-29(35)28(31)27-25-9-7-6-8-23(25)18-30(27)14-15-30/h6-13,27-28H,14-19,31H2,1-5H3,(H,32,35)/t27?,28-/m0/s1. The summed E-state index contributed by atoms with van der Waals surface area (Å²) in [4.78, 5) is 13.2. The molecule has 0 bridgehead atoms. The molecule has 37 heavy (non-hydrogen) atoms. The molecule has 1 unspecified atom stereocenters. The normalized spacial score (nSPS) is 18.6. The van der Waals surface area contributed by atoms with Crippen molar-refractivity contribution in [3.63, 3.8) is 0 Å². The van der Waals surface area contributed by atoms with Crippen molar-refractivity contribution >= 4 is 19.7 Å². The zero-order valence-corrected chi connectivity index (χ0v) is 23.8. The average Bonchev–Trinajstić information content (AvgIpc) is 3.45. The summed E-state index contributed by atoms with van der Waals surface area (Å²) < 4.78 is 7.87. The molecular formula is C30H40N4O2Si. The molecule has 1 saturated carbocycles. The number of rotatable bonds is 9. The van der Waals surface area contributed by atoms with E-state index in [1.165, 1.54) is 11.1 Å². The second-order valence-electron chi connectivity index (χ2n) is 12.2. The highest BCUT2D eigenvalue weighted by molar-refractivity contribution is 6.76. The van der Waals surface area contributed by atoms with Gasteiger partial charge in [0.05, 0.1) is 11.7 Å². The number of ether oxygens (including phenoxy) is 1. The Morgan fingerprint density at radius 3 is 2.54 bits per heavy atom. The summed E-state index contributed by atoms with van der Waals surface area (Å²) in [6.45, 7) is 12.4. The van der Waals surface area contributed by atoms with Gasteiger partial charge >= 0.3 is 0 Å². The molecule has 6 nitrogen and oxygen atoms in total. The number of carbonyl (C=O) groups is 1. The largest absolute Gasteiger partial charge is 0.360 e. The minimum atomic E-state index is -1.11. The third-order valence-electron chi connectivity index (χ3n) is 8.18. The minimum Gasteiger partial charge on any atom is -0.360 e. The first-order valence-electron chi connectivity index (χ1n) is 13.4. The van der Waals surface area contributed by atoms with Crippen LogP contribution in [0.1, 0.15) is 41.3 Å². The first-order valence-corrected chi connectivity index (χ1v) is 17.2. The Labute approximate surface area is 221 Å². The van der Waals surface area contributed by atoms with Crippen LogP contribution in [-0.2, 0) is 22.7 Å². The van der Waals surface area contributed by atoms with Gasteiger partial charge in [0.1, 0.15) is 6.73 Å². The summed E-state index contributed by atoms with van der Waals surface area (Å²) in [5.74, 6) is -0.0246. The third-order valence-corrected chi connectivity index (χ3v) is 9.88. The Kier molecular flexibility index (Phi) is 6.90. The molecule has 2 atom stereocenters. The predicted molar refractivity (Wildman–Crippen MR) is 152 cm³/mol. The van der Waals surface area contributed by atoms with Gasteiger partial charge in [-0.05, 0) is 73.4 Å². The van der Waals surface area contributed by atoms with E-state index in [9.17, 15) is 4.79 Å². The Hall–Kier alpha value is -2.74. The lowest BCUT2D eigenvalue weighted by Crippen LogP contribution is -2.42. The van der Waals surface area contributed by atoms with E-state index < -0.39 is 14.1 Å². The van der Waals surface area contributed by atoms with Gasteiger partial charge in [-0.2, -0.15) is 5.10 Å². The number of hydrogen-bond acceptors (Lipinski definition) is 4. The molecule has 0 saturated heterocycles. The fraction of sp³-hybridized carbons (Fsp3) is 0.467. The van der Waals surface area contributed by atoms with Crippen LogP contribution in [0.4, 0.5) is 5.69 Å². The van der Waals surface area contributed by atoms with Crippen molar-refractivity contribution in [3.8, 4) is 11.1 Å².